The molecule has 3 aromatic rings. The van der Waals surface area contributed by atoms with Gasteiger partial charge in [0.2, 0.25) is 11.0 Å². The zero-order chi connectivity index (χ0) is 18.9. The monoisotopic (exact) mass is 381 g/mol. The van der Waals surface area contributed by atoms with Gasteiger partial charge < -0.3 is 10.1 Å². The molecule has 5 nitrogen and oxygen atoms in total. The van der Waals surface area contributed by atoms with E-state index in [1.54, 1.807) is 0 Å². The maximum Gasteiger partial charge on any atom is 0.226 e. The molecule has 0 aliphatic carbocycles. The molecule has 1 amide bonds. The number of carbonyl (C=O) groups is 1. The first-order valence-corrected chi connectivity index (χ1v) is 9.87. The number of anilines is 1. The standard InChI is InChI=1S/C21H23N3O2S/c1-16(17-9-4-2-5-10-17)15-20-23-24-21(27-20)22-19(25)13-8-14-26-18-11-6-3-7-12-18/h2-7,9-12,16H,8,13-15H2,1H3,(H,22,24,25). The third-order valence-corrected chi connectivity index (χ3v) is 4.98. The maximum absolute atomic E-state index is 12.0. The molecule has 0 aliphatic rings. The number of benzene rings is 2. The SMILES string of the molecule is CC(Cc1nnc(NC(=O)CCCOc2ccccc2)s1)c1ccccc1. The number of nitrogens with zero attached hydrogens (tertiary/aromatic N) is 2. The smallest absolute Gasteiger partial charge is 0.226 e. The van der Waals surface area contributed by atoms with E-state index in [-0.39, 0.29) is 5.91 Å². The molecule has 1 atom stereocenters. The molecule has 2 aromatic carbocycles. The van der Waals surface area contributed by atoms with Crippen LogP contribution in [-0.2, 0) is 11.2 Å². The number of carbonyl (C=O) groups excluding carboxylic acids is 1. The van der Waals surface area contributed by atoms with Crippen molar-refractivity contribution in [3.63, 3.8) is 0 Å². The molecule has 1 aromatic heterocycles. The van der Waals surface area contributed by atoms with Crippen molar-refractivity contribution in [1.29, 1.82) is 0 Å². The minimum atomic E-state index is -0.0644. The van der Waals surface area contributed by atoms with Gasteiger partial charge in [0, 0.05) is 12.8 Å². The first kappa shape index (κ1) is 19.0. The summed E-state index contributed by atoms with van der Waals surface area (Å²) in [6, 6.07) is 19.9. The summed E-state index contributed by atoms with van der Waals surface area (Å²) in [6.07, 6.45) is 1.85. The summed E-state index contributed by atoms with van der Waals surface area (Å²) in [7, 11) is 0. The normalized spacial score (nSPS) is 11.7. The first-order valence-electron chi connectivity index (χ1n) is 9.06. The maximum atomic E-state index is 12.0. The van der Waals surface area contributed by atoms with Crippen molar-refractivity contribution in [2.45, 2.75) is 32.1 Å². The van der Waals surface area contributed by atoms with Gasteiger partial charge in [0.25, 0.3) is 0 Å². The Hall–Kier alpha value is -2.73. The van der Waals surface area contributed by atoms with Crippen molar-refractivity contribution in [2.24, 2.45) is 0 Å². The molecular weight excluding hydrogens is 358 g/mol. The highest BCUT2D eigenvalue weighted by Crippen LogP contribution is 2.24. The number of nitrogens with one attached hydrogen (secondary N) is 1. The van der Waals surface area contributed by atoms with Crippen LogP contribution in [-0.4, -0.2) is 22.7 Å². The van der Waals surface area contributed by atoms with Crippen LogP contribution in [0.3, 0.4) is 0 Å². The van der Waals surface area contributed by atoms with Crippen LogP contribution < -0.4 is 10.1 Å². The highest BCUT2D eigenvalue weighted by molar-refractivity contribution is 7.15. The van der Waals surface area contributed by atoms with Crippen LogP contribution in [0, 0.1) is 0 Å². The molecule has 6 heteroatoms. The Balaban J connectivity index is 1.40. The number of hydrogen-bond donors (Lipinski definition) is 1. The lowest BCUT2D eigenvalue weighted by molar-refractivity contribution is -0.116. The Morgan fingerprint density at radius 3 is 2.52 bits per heavy atom. The predicted molar refractivity (Wildman–Crippen MR) is 108 cm³/mol. The van der Waals surface area contributed by atoms with Crippen LogP contribution in [0.5, 0.6) is 5.75 Å². The molecule has 1 N–H and O–H groups in total. The number of ether oxygens (including phenoxy) is 1. The van der Waals surface area contributed by atoms with Gasteiger partial charge in [-0.15, -0.1) is 10.2 Å². The summed E-state index contributed by atoms with van der Waals surface area (Å²) >= 11 is 1.43. The lowest BCUT2D eigenvalue weighted by Gasteiger charge is -2.08. The van der Waals surface area contributed by atoms with E-state index >= 15 is 0 Å². The van der Waals surface area contributed by atoms with Gasteiger partial charge in [-0.2, -0.15) is 0 Å². The van der Waals surface area contributed by atoms with E-state index in [1.165, 1.54) is 16.9 Å². The molecule has 3 rings (SSSR count). The van der Waals surface area contributed by atoms with Crippen LogP contribution in [0.4, 0.5) is 5.13 Å². The zero-order valence-electron chi connectivity index (χ0n) is 15.3. The summed E-state index contributed by atoms with van der Waals surface area (Å²) in [5, 5.41) is 12.6. The molecular formula is C21H23N3O2S. The first-order chi connectivity index (χ1) is 13.2. The fourth-order valence-electron chi connectivity index (χ4n) is 2.67. The Kier molecular flexibility index (Phi) is 6.93. The van der Waals surface area contributed by atoms with Crippen molar-refractivity contribution in [3.05, 3.63) is 71.2 Å². The molecule has 0 saturated carbocycles. The van der Waals surface area contributed by atoms with Crippen LogP contribution in [0.15, 0.2) is 60.7 Å². The lowest BCUT2D eigenvalue weighted by atomic mass is 9.98. The number of rotatable bonds is 9. The quantitative estimate of drug-likeness (QED) is 0.547. The summed E-state index contributed by atoms with van der Waals surface area (Å²) < 4.78 is 5.59. The summed E-state index contributed by atoms with van der Waals surface area (Å²) in [4.78, 5) is 12.0. The van der Waals surface area contributed by atoms with Crippen molar-refractivity contribution in [2.75, 3.05) is 11.9 Å². The fourth-order valence-corrected chi connectivity index (χ4v) is 3.55. The number of aromatic nitrogens is 2. The number of hydrogen-bond acceptors (Lipinski definition) is 5. The van der Waals surface area contributed by atoms with E-state index in [2.05, 4.69) is 34.6 Å². The third kappa shape index (κ3) is 6.18. The van der Waals surface area contributed by atoms with Gasteiger partial charge in [-0.25, -0.2) is 0 Å². The van der Waals surface area contributed by atoms with E-state index in [4.69, 9.17) is 4.74 Å². The van der Waals surface area contributed by atoms with Gasteiger partial charge in [-0.05, 0) is 30.0 Å². The Morgan fingerprint density at radius 2 is 1.78 bits per heavy atom. The van der Waals surface area contributed by atoms with E-state index in [1.807, 2.05) is 48.5 Å². The second-order valence-corrected chi connectivity index (χ2v) is 7.39. The second kappa shape index (κ2) is 9.83. The molecule has 27 heavy (non-hydrogen) atoms. The molecule has 1 unspecified atom stereocenters. The van der Waals surface area contributed by atoms with Gasteiger partial charge in [0.1, 0.15) is 10.8 Å². The summed E-state index contributed by atoms with van der Waals surface area (Å²) in [5.74, 6) is 1.11. The number of amides is 1. The Labute approximate surface area is 163 Å². The topological polar surface area (TPSA) is 64.1 Å². The molecule has 0 saturated heterocycles. The molecule has 1 heterocycles. The minimum Gasteiger partial charge on any atom is -0.494 e. The minimum absolute atomic E-state index is 0.0644. The largest absolute Gasteiger partial charge is 0.494 e. The molecule has 0 spiro atoms. The van der Waals surface area contributed by atoms with Gasteiger partial charge in [-0.1, -0.05) is 66.8 Å². The van der Waals surface area contributed by atoms with E-state index in [0.717, 1.165) is 17.2 Å². The highest BCUT2D eigenvalue weighted by Gasteiger charge is 2.12. The fraction of sp³-hybridized carbons (Fsp3) is 0.286. The van der Waals surface area contributed by atoms with E-state index in [9.17, 15) is 4.79 Å². The van der Waals surface area contributed by atoms with Gasteiger partial charge >= 0.3 is 0 Å². The Morgan fingerprint density at radius 1 is 1.07 bits per heavy atom. The average molecular weight is 382 g/mol. The van der Waals surface area contributed by atoms with E-state index < -0.39 is 0 Å². The molecule has 0 aliphatic heterocycles. The molecule has 0 radical (unpaired) electrons. The van der Waals surface area contributed by atoms with Crippen molar-refractivity contribution in [1.82, 2.24) is 10.2 Å². The van der Waals surface area contributed by atoms with Crippen molar-refractivity contribution < 1.29 is 9.53 Å². The molecule has 0 fully saturated rings. The van der Waals surface area contributed by atoms with Crippen molar-refractivity contribution in [3.8, 4) is 5.75 Å². The predicted octanol–water partition coefficient (Wildman–Crippen LogP) is 4.68. The second-order valence-electron chi connectivity index (χ2n) is 6.33. The van der Waals surface area contributed by atoms with Gasteiger partial charge in [0.05, 0.1) is 6.61 Å². The van der Waals surface area contributed by atoms with Crippen molar-refractivity contribution >= 4 is 22.4 Å². The summed E-state index contributed by atoms with van der Waals surface area (Å²) in [6.45, 7) is 2.68. The summed E-state index contributed by atoms with van der Waals surface area (Å²) in [5.41, 5.74) is 1.27. The van der Waals surface area contributed by atoms with Crippen LogP contribution >= 0.6 is 11.3 Å². The van der Waals surface area contributed by atoms with Gasteiger partial charge in [-0.3, -0.25) is 4.79 Å². The van der Waals surface area contributed by atoms with Crippen LogP contribution in [0.25, 0.3) is 0 Å². The Bertz CT molecular complexity index is 837. The van der Waals surface area contributed by atoms with Crippen LogP contribution in [0.2, 0.25) is 0 Å². The molecule has 140 valence electrons. The third-order valence-electron chi connectivity index (χ3n) is 4.12. The zero-order valence-corrected chi connectivity index (χ0v) is 16.1. The van der Waals surface area contributed by atoms with Gasteiger partial charge in [0.15, 0.2) is 0 Å². The molecule has 0 bridgehead atoms. The highest BCUT2D eigenvalue weighted by atomic mass is 32.1. The number of para-hydroxylation sites is 1. The van der Waals surface area contributed by atoms with E-state index in [0.29, 0.717) is 30.5 Å². The lowest BCUT2D eigenvalue weighted by Crippen LogP contribution is -2.12. The average Bonchev–Trinajstić information content (AvgIpc) is 3.13. The van der Waals surface area contributed by atoms with Crippen LogP contribution in [0.1, 0.15) is 36.3 Å².